The molecule has 0 spiro atoms. The molecular formula is C11H14FNO. The van der Waals surface area contributed by atoms with Gasteiger partial charge in [-0.3, -0.25) is 0 Å². The fraction of sp³-hybridized carbons (Fsp3) is 0.455. The zero-order chi connectivity index (χ0) is 10.2. The van der Waals surface area contributed by atoms with Crippen molar-refractivity contribution < 1.29 is 9.50 Å². The average molecular weight is 195 g/mol. The lowest BCUT2D eigenvalue weighted by atomic mass is 9.62. The van der Waals surface area contributed by atoms with Crippen molar-refractivity contribution in [3.05, 3.63) is 35.6 Å². The molecule has 0 bridgehead atoms. The smallest absolute Gasteiger partial charge is 0.127 e. The number of rotatable bonds is 2. The minimum absolute atomic E-state index is 0.218. The van der Waals surface area contributed by atoms with Crippen LogP contribution in [0.5, 0.6) is 0 Å². The first-order chi connectivity index (χ1) is 6.68. The van der Waals surface area contributed by atoms with E-state index in [0.717, 1.165) is 0 Å². The van der Waals surface area contributed by atoms with E-state index < -0.39 is 0 Å². The number of halogens is 1. The second-order valence-electron chi connectivity index (χ2n) is 4.03. The van der Waals surface area contributed by atoms with E-state index >= 15 is 0 Å². The molecule has 1 aromatic carbocycles. The monoisotopic (exact) mass is 195 g/mol. The molecule has 1 fully saturated rings. The topological polar surface area (TPSA) is 46.2 Å². The van der Waals surface area contributed by atoms with Gasteiger partial charge in [-0.25, -0.2) is 4.39 Å². The number of aliphatic hydroxyl groups is 1. The summed E-state index contributed by atoms with van der Waals surface area (Å²) in [4.78, 5) is 0. The minimum Gasteiger partial charge on any atom is -0.393 e. The average Bonchev–Trinajstić information content (AvgIpc) is 2.14. The number of hydrogen-bond acceptors (Lipinski definition) is 2. The van der Waals surface area contributed by atoms with Gasteiger partial charge in [0, 0.05) is 12.0 Å². The Hall–Kier alpha value is -0.930. The molecular weight excluding hydrogens is 181 g/mol. The molecule has 1 aliphatic carbocycles. The Morgan fingerprint density at radius 2 is 2.07 bits per heavy atom. The van der Waals surface area contributed by atoms with Gasteiger partial charge in [0.15, 0.2) is 0 Å². The first kappa shape index (κ1) is 9.62. The maximum Gasteiger partial charge on any atom is 0.127 e. The predicted octanol–water partition coefficient (Wildman–Crippen LogP) is 1.18. The summed E-state index contributed by atoms with van der Waals surface area (Å²) in [5.74, 6) is -0.218. The molecule has 0 aromatic heterocycles. The first-order valence-electron chi connectivity index (χ1n) is 4.81. The van der Waals surface area contributed by atoms with Crippen LogP contribution in [0.15, 0.2) is 24.3 Å². The Balaban J connectivity index is 2.34. The fourth-order valence-electron chi connectivity index (χ4n) is 2.23. The molecule has 76 valence electrons. The van der Waals surface area contributed by atoms with Crippen molar-refractivity contribution in [2.24, 2.45) is 5.73 Å². The van der Waals surface area contributed by atoms with Crippen molar-refractivity contribution in [2.75, 3.05) is 6.54 Å². The van der Waals surface area contributed by atoms with Crippen LogP contribution in [0.4, 0.5) is 4.39 Å². The van der Waals surface area contributed by atoms with Gasteiger partial charge < -0.3 is 10.8 Å². The van der Waals surface area contributed by atoms with Crippen molar-refractivity contribution in [3.8, 4) is 0 Å². The van der Waals surface area contributed by atoms with Crippen LogP contribution in [0.3, 0.4) is 0 Å². The molecule has 0 saturated heterocycles. The molecule has 1 aliphatic rings. The summed E-state index contributed by atoms with van der Waals surface area (Å²) in [6, 6.07) is 6.67. The molecule has 14 heavy (non-hydrogen) atoms. The third-order valence-corrected chi connectivity index (χ3v) is 3.09. The van der Waals surface area contributed by atoms with Crippen LogP contribution in [0, 0.1) is 5.82 Å². The van der Waals surface area contributed by atoms with Crippen LogP contribution >= 0.6 is 0 Å². The molecule has 1 saturated carbocycles. The maximum absolute atomic E-state index is 13.5. The van der Waals surface area contributed by atoms with Crippen LogP contribution in [0.1, 0.15) is 18.4 Å². The van der Waals surface area contributed by atoms with E-state index in [1.54, 1.807) is 18.2 Å². The van der Waals surface area contributed by atoms with Gasteiger partial charge in [-0.1, -0.05) is 18.2 Å². The highest BCUT2D eigenvalue weighted by Crippen LogP contribution is 2.43. The fourth-order valence-corrected chi connectivity index (χ4v) is 2.23. The van der Waals surface area contributed by atoms with Crippen LogP contribution < -0.4 is 5.73 Å². The largest absolute Gasteiger partial charge is 0.393 e. The quantitative estimate of drug-likeness (QED) is 0.744. The second-order valence-corrected chi connectivity index (χ2v) is 4.03. The molecule has 0 unspecified atom stereocenters. The molecule has 2 nitrogen and oxygen atoms in total. The Kier molecular flexibility index (Phi) is 2.29. The lowest BCUT2D eigenvalue weighted by Gasteiger charge is -2.45. The van der Waals surface area contributed by atoms with Crippen molar-refractivity contribution in [2.45, 2.75) is 24.4 Å². The third-order valence-electron chi connectivity index (χ3n) is 3.09. The number of benzene rings is 1. The molecule has 1 aromatic rings. The Morgan fingerprint density at radius 3 is 2.57 bits per heavy atom. The molecule has 2 rings (SSSR count). The minimum atomic E-state index is -0.329. The summed E-state index contributed by atoms with van der Waals surface area (Å²) in [5.41, 5.74) is 5.97. The third kappa shape index (κ3) is 1.33. The Bertz CT molecular complexity index is 334. The summed E-state index contributed by atoms with van der Waals surface area (Å²) in [7, 11) is 0. The molecule has 0 atom stereocenters. The number of aliphatic hydroxyl groups excluding tert-OH is 1. The number of nitrogens with two attached hydrogens (primary N) is 1. The van der Waals surface area contributed by atoms with Gasteiger partial charge in [-0.2, -0.15) is 0 Å². The highest BCUT2D eigenvalue weighted by Gasteiger charge is 2.45. The van der Waals surface area contributed by atoms with E-state index in [4.69, 9.17) is 5.73 Å². The van der Waals surface area contributed by atoms with Crippen LogP contribution in [0.2, 0.25) is 0 Å². The zero-order valence-electron chi connectivity index (χ0n) is 7.91. The summed E-state index contributed by atoms with van der Waals surface area (Å²) in [5, 5.41) is 9.29. The maximum atomic E-state index is 13.5. The van der Waals surface area contributed by atoms with Gasteiger partial charge in [-0.05, 0) is 24.5 Å². The molecule has 3 N–H and O–H groups in total. The van der Waals surface area contributed by atoms with Gasteiger partial charge >= 0.3 is 0 Å². The van der Waals surface area contributed by atoms with E-state index in [-0.39, 0.29) is 17.3 Å². The molecule has 3 heteroatoms. The van der Waals surface area contributed by atoms with Gasteiger partial charge in [0.25, 0.3) is 0 Å². The standard InChI is InChI=1S/C11H14FNO/c12-10-4-2-1-3-9(10)11(7-13)5-8(14)6-11/h1-4,8,14H,5-7,13H2. The van der Waals surface area contributed by atoms with Crippen LogP contribution in [-0.4, -0.2) is 17.8 Å². The Morgan fingerprint density at radius 1 is 1.43 bits per heavy atom. The predicted molar refractivity (Wildman–Crippen MR) is 52.4 cm³/mol. The summed E-state index contributed by atoms with van der Waals surface area (Å²) >= 11 is 0. The van der Waals surface area contributed by atoms with E-state index in [9.17, 15) is 9.50 Å². The van der Waals surface area contributed by atoms with Crippen molar-refractivity contribution in [3.63, 3.8) is 0 Å². The van der Waals surface area contributed by atoms with E-state index in [2.05, 4.69) is 0 Å². The lowest BCUT2D eigenvalue weighted by Crippen LogP contribution is -2.50. The Labute approximate surface area is 82.5 Å². The van der Waals surface area contributed by atoms with Crippen molar-refractivity contribution in [1.29, 1.82) is 0 Å². The molecule has 0 heterocycles. The van der Waals surface area contributed by atoms with Crippen LogP contribution in [0.25, 0.3) is 0 Å². The molecule has 0 aliphatic heterocycles. The van der Waals surface area contributed by atoms with E-state index in [1.165, 1.54) is 6.07 Å². The van der Waals surface area contributed by atoms with Gasteiger partial charge in [-0.15, -0.1) is 0 Å². The summed E-state index contributed by atoms with van der Waals surface area (Å²) in [6.45, 7) is 0.394. The molecule has 0 radical (unpaired) electrons. The van der Waals surface area contributed by atoms with Gasteiger partial charge in [0.05, 0.1) is 6.10 Å². The molecule has 0 amide bonds. The van der Waals surface area contributed by atoms with Gasteiger partial charge in [0.1, 0.15) is 5.82 Å². The lowest BCUT2D eigenvalue weighted by molar-refractivity contribution is 0.0205. The zero-order valence-corrected chi connectivity index (χ0v) is 7.91. The van der Waals surface area contributed by atoms with E-state index in [1.807, 2.05) is 0 Å². The number of hydrogen-bond donors (Lipinski definition) is 2. The SMILES string of the molecule is NCC1(c2ccccc2F)CC(O)C1. The van der Waals surface area contributed by atoms with Gasteiger partial charge in [0.2, 0.25) is 0 Å². The first-order valence-corrected chi connectivity index (χ1v) is 4.81. The second kappa shape index (κ2) is 3.33. The summed E-state index contributed by atoms with van der Waals surface area (Å²) < 4.78 is 13.5. The summed E-state index contributed by atoms with van der Waals surface area (Å²) in [6.07, 6.45) is 0.827. The van der Waals surface area contributed by atoms with Crippen molar-refractivity contribution in [1.82, 2.24) is 0 Å². The normalized spacial score (nSPS) is 31.2. The van der Waals surface area contributed by atoms with Crippen molar-refractivity contribution >= 4 is 0 Å². The van der Waals surface area contributed by atoms with Crippen LogP contribution in [-0.2, 0) is 5.41 Å². The van der Waals surface area contributed by atoms with E-state index in [0.29, 0.717) is 24.9 Å². The highest BCUT2D eigenvalue weighted by molar-refractivity contribution is 5.31. The highest BCUT2D eigenvalue weighted by atomic mass is 19.1.